The summed E-state index contributed by atoms with van der Waals surface area (Å²) in [4.78, 5) is 12.6. The summed E-state index contributed by atoms with van der Waals surface area (Å²) in [6.45, 7) is 6.79. The van der Waals surface area contributed by atoms with Gasteiger partial charge in [0.2, 0.25) is 5.91 Å². The van der Waals surface area contributed by atoms with Crippen LogP contribution in [0.5, 0.6) is 5.75 Å². The van der Waals surface area contributed by atoms with E-state index in [1.165, 1.54) is 5.56 Å². The Hall–Kier alpha value is -2.62. The van der Waals surface area contributed by atoms with Gasteiger partial charge in [-0.25, -0.2) is 5.01 Å². The maximum absolute atomic E-state index is 12.6. The van der Waals surface area contributed by atoms with Crippen LogP contribution >= 0.6 is 0 Å². The SMILES string of the molecule is Cc1cc(C)c(CC(=O)N2CCC(c3ccc(O)cc3)=N2)c(C)c1. The molecule has 0 fully saturated rings. The number of hydrazone groups is 1. The summed E-state index contributed by atoms with van der Waals surface area (Å²) in [6.07, 6.45) is 1.12. The van der Waals surface area contributed by atoms with Crippen molar-refractivity contribution in [1.82, 2.24) is 5.01 Å². The fourth-order valence-electron chi connectivity index (χ4n) is 3.23. The lowest BCUT2D eigenvalue weighted by molar-refractivity contribution is -0.130. The second-order valence-corrected chi connectivity index (χ2v) is 6.41. The van der Waals surface area contributed by atoms with E-state index in [4.69, 9.17) is 0 Å². The van der Waals surface area contributed by atoms with Crippen LogP contribution in [-0.2, 0) is 11.2 Å². The first-order valence-corrected chi connectivity index (χ1v) is 8.18. The Balaban J connectivity index is 1.76. The highest BCUT2D eigenvalue weighted by Gasteiger charge is 2.22. The van der Waals surface area contributed by atoms with Crippen molar-refractivity contribution in [2.45, 2.75) is 33.6 Å². The quantitative estimate of drug-likeness (QED) is 0.940. The van der Waals surface area contributed by atoms with Gasteiger partial charge in [0, 0.05) is 6.42 Å². The van der Waals surface area contributed by atoms with Crippen molar-refractivity contribution in [2.75, 3.05) is 6.54 Å². The minimum atomic E-state index is 0.0267. The number of nitrogens with zero attached hydrogens (tertiary/aromatic N) is 2. The Bertz CT molecular complexity index is 784. The van der Waals surface area contributed by atoms with Gasteiger partial charge in [-0.05, 0) is 67.3 Å². The lowest BCUT2D eigenvalue weighted by Crippen LogP contribution is -2.25. The van der Waals surface area contributed by atoms with E-state index in [1.54, 1.807) is 17.1 Å². The molecule has 0 aliphatic carbocycles. The topological polar surface area (TPSA) is 52.9 Å². The van der Waals surface area contributed by atoms with Crippen LogP contribution in [0.1, 0.15) is 34.2 Å². The third kappa shape index (κ3) is 3.32. The molecule has 0 saturated heterocycles. The second kappa shape index (κ2) is 6.48. The molecule has 0 atom stereocenters. The molecule has 1 aliphatic rings. The van der Waals surface area contributed by atoms with Crippen LogP contribution in [0.25, 0.3) is 0 Å². The lowest BCUT2D eigenvalue weighted by Gasteiger charge is -2.15. The molecule has 0 spiro atoms. The van der Waals surface area contributed by atoms with Crippen LogP contribution in [0.2, 0.25) is 0 Å². The normalized spacial score (nSPS) is 14.0. The number of phenols is 1. The molecule has 1 N–H and O–H groups in total. The molecular weight excluding hydrogens is 300 g/mol. The Labute approximate surface area is 142 Å². The highest BCUT2D eigenvalue weighted by molar-refractivity contribution is 6.02. The number of aromatic hydroxyl groups is 1. The highest BCUT2D eigenvalue weighted by Crippen LogP contribution is 2.20. The molecule has 1 amide bonds. The van der Waals surface area contributed by atoms with Gasteiger partial charge in [0.15, 0.2) is 0 Å². The maximum Gasteiger partial charge on any atom is 0.247 e. The minimum absolute atomic E-state index is 0.0267. The first-order chi connectivity index (χ1) is 11.4. The van der Waals surface area contributed by atoms with E-state index in [1.807, 2.05) is 12.1 Å². The highest BCUT2D eigenvalue weighted by atomic mass is 16.3. The van der Waals surface area contributed by atoms with E-state index < -0.39 is 0 Å². The largest absolute Gasteiger partial charge is 0.508 e. The average molecular weight is 322 g/mol. The standard InChI is InChI=1S/C20H22N2O2/c1-13-10-14(2)18(15(3)11-13)12-20(24)22-9-8-19(21-22)16-4-6-17(23)7-5-16/h4-7,10-11,23H,8-9,12H2,1-3H3. The number of phenolic OH excluding ortho intramolecular Hbond substituents is 1. The number of benzene rings is 2. The van der Waals surface area contributed by atoms with Gasteiger partial charge < -0.3 is 5.11 Å². The van der Waals surface area contributed by atoms with E-state index in [9.17, 15) is 9.90 Å². The molecule has 3 rings (SSSR count). The maximum atomic E-state index is 12.6. The zero-order chi connectivity index (χ0) is 17.3. The molecule has 2 aromatic carbocycles. The van der Waals surface area contributed by atoms with Gasteiger partial charge in [-0.3, -0.25) is 4.79 Å². The number of carbonyl (C=O) groups excluding carboxylic acids is 1. The molecule has 4 nitrogen and oxygen atoms in total. The smallest absolute Gasteiger partial charge is 0.247 e. The van der Waals surface area contributed by atoms with Crippen molar-refractivity contribution < 1.29 is 9.90 Å². The zero-order valence-corrected chi connectivity index (χ0v) is 14.3. The molecule has 0 saturated carbocycles. The van der Waals surface area contributed by atoms with Gasteiger partial charge in [-0.15, -0.1) is 0 Å². The van der Waals surface area contributed by atoms with Gasteiger partial charge in [-0.1, -0.05) is 17.7 Å². The van der Waals surface area contributed by atoms with Gasteiger partial charge >= 0.3 is 0 Å². The van der Waals surface area contributed by atoms with Crippen molar-refractivity contribution in [3.05, 3.63) is 64.2 Å². The predicted octanol–water partition coefficient (Wildman–Crippen LogP) is 3.50. The number of carbonyl (C=O) groups is 1. The summed E-state index contributed by atoms with van der Waals surface area (Å²) >= 11 is 0. The van der Waals surface area contributed by atoms with Crippen LogP contribution in [0.4, 0.5) is 0 Å². The van der Waals surface area contributed by atoms with Crippen molar-refractivity contribution in [1.29, 1.82) is 0 Å². The van der Waals surface area contributed by atoms with Crippen molar-refractivity contribution in [3.8, 4) is 5.75 Å². The number of amides is 1. The van der Waals surface area contributed by atoms with E-state index in [-0.39, 0.29) is 11.7 Å². The van der Waals surface area contributed by atoms with Gasteiger partial charge in [0.1, 0.15) is 5.75 Å². The summed E-state index contributed by atoms with van der Waals surface area (Å²) in [7, 11) is 0. The van der Waals surface area contributed by atoms with Gasteiger partial charge in [0.25, 0.3) is 0 Å². The Morgan fingerprint density at radius 2 is 1.75 bits per heavy atom. The lowest BCUT2D eigenvalue weighted by atomic mass is 9.97. The summed E-state index contributed by atoms with van der Waals surface area (Å²) in [5.74, 6) is 0.259. The molecule has 24 heavy (non-hydrogen) atoms. The van der Waals surface area contributed by atoms with Crippen LogP contribution in [0, 0.1) is 20.8 Å². The van der Waals surface area contributed by atoms with E-state index in [2.05, 4.69) is 38.0 Å². The van der Waals surface area contributed by atoms with Crippen LogP contribution < -0.4 is 0 Å². The second-order valence-electron chi connectivity index (χ2n) is 6.41. The Morgan fingerprint density at radius 1 is 1.12 bits per heavy atom. The predicted molar refractivity (Wildman–Crippen MR) is 95.3 cm³/mol. The fraction of sp³-hybridized carbons (Fsp3) is 0.300. The van der Waals surface area contributed by atoms with E-state index in [0.29, 0.717) is 13.0 Å². The number of hydrogen-bond donors (Lipinski definition) is 1. The first kappa shape index (κ1) is 16.2. The van der Waals surface area contributed by atoms with Gasteiger partial charge in [-0.2, -0.15) is 5.10 Å². The van der Waals surface area contributed by atoms with E-state index >= 15 is 0 Å². The fourth-order valence-corrected chi connectivity index (χ4v) is 3.23. The molecule has 0 bridgehead atoms. The third-order valence-electron chi connectivity index (χ3n) is 4.46. The van der Waals surface area contributed by atoms with E-state index in [0.717, 1.165) is 34.4 Å². The first-order valence-electron chi connectivity index (χ1n) is 8.18. The summed E-state index contributed by atoms with van der Waals surface area (Å²) < 4.78 is 0. The molecule has 124 valence electrons. The Kier molecular flexibility index (Phi) is 4.38. The Morgan fingerprint density at radius 3 is 2.38 bits per heavy atom. The number of aryl methyl sites for hydroxylation is 3. The molecule has 0 aromatic heterocycles. The molecule has 2 aromatic rings. The zero-order valence-electron chi connectivity index (χ0n) is 14.3. The third-order valence-corrected chi connectivity index (χ3v) is 4.46. The van der Waals surface area contributed by atoms with Crippen LogP contribution in [-0.4, -0.2) is 28.3 Å². The minimum Gasteiger partial charge on any atom is -0.508 e. The van der Waals surface area contributed by atoms with Crippen molar-refractivity contribution >= 4 is 11.6 Å². The molecule has 1 aliphatic heterocycles. The molecule has 0 unspecified atom stereocenters. The van der Waals surface area contributed by atoms with Crippen LogP contribution in [0.15, 0.2) is 41.5 Å². The van der Waals surface area contributed by atoms with Crippen molar-refractivity contribution in [2.24, 2.45) is 5.10 Å². The average Bonchev–Trinajstić information content (AvgIpc) is 3.01. The molecule has 4 heteroatoms. The number of hydrogen-bond acceptors (Lipinski definition) is 3. The molecule has 1 heterocycles. The van der Waals surface area contributed by atoms with Crippen molar-refractivity contribution in [3.63, 3.8) is 0 Å². The summed E-state index contributed by atoms with van der Waals surface area (Å²) in [6, 6.07) is 11.2. The van der Waals surface area contributed by atoms with Gasteiger partial charge in [0.05, 0.1) is 18.7 Å². The summed E-state index contributed by atoms with van der Waals surface area (Å²) in [5, 5.41) is 15.4. The monoisotopic (exact) mass is 322 g/mol. The van der Waals surface area contributed by atoms with Crippen LogP contribution in [0.3, 0.4) is 0 Å². The molecule has 0 radical (unpaired) electrons. The number of rotatable bonds is 3. The summed E-state index contributed by atoms with van der Waals surface area (Å²) in [5.41, 5.74) is 6.46. The molecular formula is C20H22N2O2.